The lowest BCUT2D eigenvalue weighted by Crippen LogP contribution is -2.11. The number of benzene rings is 1. The molecule has 0 spiro atoms. The van der Waals surface area contributed by atoms with Crippen molar-refractivity contribution in [2.24, 2.45) is 4.99 Å². The maximum absolute atomic E-state index is 5.89. The maximum Gasteiger partial charge on any atom is 0.274 e. The van der Waals surface area contributed by atoms with Gasteiger partial charge in [0.2, 0.25) is 0 Å². The zero-order chi connectivity index (χ0) is 13.0. The molecule has 0 bridgehead atoms. The van der Waals surface area contributed by atoms with Gasteiger partial charge in [0.1, 0.15) is 11.4 Å². The molecule has 1 heterocycles. The minimum atomic E-state index is -0.768. The van der Waals surface area contributed by atoms with Crippen LogP contribution in [-0.2, 0) is 0 Å². The van der Waals surface area contributed by atoms with Crippen LogP contribution in [0.2, 0.25) is 13.1 Å². The summed E-state index contributed by atoms with van der Waals surface area (Å²) in [5, 5.41) is 2.05. The van der Waals surface area contributed by atoms with Crippen molar-refractivity contribution in [2.45, 2.75) is 20.0 Å². The zero-order valence-corrected chi connectivity index (χ0v) is 12.6. The van der Waals surface area contributed by atoms with Gasteiger partial charge in [-0.15, -0.1) is 11.3 Å². The molecule has 2 aromatic rings. The molecule has 1 aromatic heterocycles. The zero-order valence-electron chi connectivity index (χ0n) is 10.8. The van der Waals surface area contributed by atoms with E-state index in [1.54, 1.807) is 11.3 Å². The Morgan fingerprint density at radius 2 is 2.06 bits per heavy atom. The van der Waals surface area contributed by atoms with E-state index in [4.69, 9.17) is 4.43 Å². The highest BCUT2D eigenvalue weighted by Crippen LogP contribution is 2.31. The van der Waals surface area contributed by atoms with Gasteiger partial charge in [0.25, 0.3) is 9.04 Å². The molecule has 0 aliphatic rings. The Bertz CT molecular complexity index is 535. The van der Waals surface area contributed by atoms with E-state index in [2.05, 4.69) is 42.5 Å². The number of aliphatic imine (C=N–C) groups is 1. The van der Waals surface area contributed by atoms with E-state index in [1.165, 1.54) is 0 Å². The topological polar surface area (TPSA) is 21.6 Å². The van der Waals surface area contributed by atoms with E-state index >= 15 is 0 Å². The highest BCUT2D eigenvalue weighted by Gasteiger charge is 2.07. The van der Waals surface area contributed by atoms with Crippen molar-refractivity contribution in [1.29, 1.82) is 0 Å². The molecule has 0 aliphatic carbocycles. The largest absolute Gasteiger partial charge is 0.541 e. The molecule has 93 valence electrons. The van der Waals surface area contributed by atoms with E-state index < -0.39 is 9.04 Å². The van der Waals surface area contributed by atoms with Gasteiger partial charge in [0.05, 0.1) is 0 Å². The lowest BCUT2D eigenvalue weighted by molar-refractivity contribution is 0.581. The first-order valence-electron chi connectivity index (χ1n) is 5.82. The van der Waals surface area contributed by atoms with E-state index in [9.17, 15) is 0 Å². The Morgan fingerprint density at radius 1 is 1.22 bits per heavy atom. The van der Waals surface area contributed by atoms with Gasteiger partial charge in [-0.25, -0.2) is 0 Å². The summed E-state index contributed by atoms with van der Waals surface area (Å²) >= 11 is 1.68. The summed E-state index contributed by atoms with van der Waals surface area (Å²) in [5.41, 5.74) is 2.08. The third kappa shape index (κ3) is 3.30. The number of para-hydroxylation sites is 1. The molecular weight excluding hydrogens is 258 g/mol. The predicted octanol–water partition coefficient (Wildman–Crippen LogP) is 4.44. The monoisotopic (exact) mass is 274 g/mol. The minimum Gasteiger partial charge on any atom is -0.541 e. The van der Waals surface area contributed by atoms with Gasteiger partial charge in [-0.1, -0.05) is 18.2 Å². The first-order valence-corrected chi connectivity index (χ1v) is 9.11. The first kappa shape index (κ1) is 13.0. The van der Waals surface area contributed by atoms with E-state index in [0.717, 1.165) is 21.9 Å². The van der Waals surface area contributed by atoms with E-state index in [1.807, 2.05) is 24.4 Å². The van der Waals surface area contributed by atoms with Gasteiger partial charge < -0.3 is 4.43 Å². The van der Waals surface area contributed by atoms with Crippen molar-refractivity contribution in [1.82, 2.24) is 0 Å². The fourth-order valence-electron chi connectivity index (χ4n) is 1.59. The Hall–Kier alpha value is -1.39. The molecule has 1 radical (unpaired) electrons. The van der Waals surface area contributed by atoms with Gasteiger partial charge in [-0.3, -0.25) is 4.99 Å². The average Bonchev–Trinajstić information content (AvgIpc) is 2.80. The van der Waals surface area contributed by atoms with Crippen LogP contribution in [0.15, 0.2) is 40.7 Å². The quantitative estimate of drug-likeness (QED) is 0.597. The number of hydrogen-bond donors (Lipinski definition) is 0. The second-order valence-electron chi connectivity index (χ2n) is 4.21. The molecule has 4 heteroatoms. The van der Waals surface area contributed by atoms with Gasteiger partial charge >= 0.3 is 0 Å². The van der Waals surface area contributed by atoms with Crippen molar-refractivity contribution in [2.75, 3.05) is 0 Å². The average molecular weight is 274 g/mol. The van der Waals surface area contributed by atoms with Crippen LogP contribution in [0.25, 0.3) is 0 Å². The van der Waals surface area contributed by atoms with Crippen molar-refractivity contribution in [3.8, 4) is 5.75 Å². The fourth-order valence-corrected chi connectivity index (χ4v) is 2.78. The smallest absolute Gasteiger partial charge is 0.274 e. The molecule has 0 N–H and O–H groups in total. The minimum absolute atomic E-state index is 0.768. The molecule has 18 heavy (non-hydrogen) atoms. The third-order valence-electron chi connectivity index (χ3n) is 2.38. The molecule has 2 nitrogen and oxygen atoms in total. The number of hydrogen-bond acceptors (Lipinski definition) is 3. The van der Waals surface area contributed by atoms with Crippen LogP contribution in [0.5, 0.6) is 5.75 Å². The SMILES string of the molecule is Cc1cccc(O[Si](C)C)c1N=Cc1cccs1. The molecule has 0 fully saturated rings. The lowest BCUT2D eigenvalue weighted by Gasteiger charge is -2.12. The summed E-state index contributed by atoms with van der Waals surface area (Å²) < 4.78 is 5.89. The van der Waals surface area contributed by atoms with Crippen LogP contribution in [0.3, 0.4) is 0 Å². The molecule has 0 amide bonds. The van der Waals surface area contributed by atoms with Crippen LogP contribution < -0.4 is 4.43 Å². The van der Waals surface area contributed by atoms with Crippen LogP contribution in [-0.4, -0.2) is 15.3 Å². The van der Waals surface area contributed by atoms with E-state index in [-0.39, 0.29) is 0 Å². The van der Waals surface area contributed by atoms with Gasteiger partial charge in [-0.05, 0) is 43.1 Å². The molecule has 0 aliphatic heterocycles. The summed E-state index contributed by atoms with van der Waals surface area (Å²) in [4.78, 5) is 5.73. The highest BCUT2D eigenvalue weighted by atomic mass is 32.1. The Kier molecular flexibility index (Phi) is 4.33. The Morgan fingerprint density at radius 3 is 2.72 bits per heavy atom. The summed E-state index contributed by atoms with van der Waals surface area (Å²) in [5.74, 6) is 0.890. The van der Waals surface area contributed by atoms with Crippen LogP contribution in [0.1, 0.15) is 10.4 Å². The second kappa shape index (κ2) is 5.98. The summed E-state index contributed by atoms with van der Waals surface area (Å²) in [6, 6.07) is 10.2. The van der Waals surface area contributed by atoms with Crippen LogP contribution in [0, 0.1) is 6.92 Å². The summed E-state index contributed by atoms with van der Waals surface area (Å²) in [6.45, 7) is 6.31. The third-order valence-corrected chi connectivity index (χ3v) is 3.81. The van der Waals surface area contributed by atoms with Gasteiger partial charge in [0.15, 0.2) is 0 Å². The van der Waals surface area contributed by atoms with Gasteiger partial charge in [-0.2, -0.15) is 0 Å². The van der Waals surface area contributed by atoms with Crippen molar-refractivity contribution < 1.29 is 4.43 Å². The summed E-state index contributed by atoms with van der Waals surface area (Å²) in [7, 11) is -0.768. The normalized spacial score (nSPS) is 11.3. The van der Waals surface area contributed by atoms with E-state index in [0.29, 0.717) is 0 Å². The van der Waals surface area contributed by atoms with Crippen LogP contribution in [0.4, 0.5) is 5.69 Å². The highest BCUT2D eigenvalue weighted by molar-refractivity contribution is 7.11. The number of rotatable bonds is 4. The molecule has 2 rings (SSSR count). The summed E-state index contributed by atoms with van der Waals surface area (Å²) in [6.07, 6.45) is 1.90. The van der Waals surface area contributed by atoms with Crippen molar-refractivity contribution in [3.63, 3.8) is 0 Å². The van der Waals surface area contributed by atoms with Crippen molar-refractivity contribution in [3.05, 3.63) is 46.2 Å². The Balaban J connectivity index is 2.30. The maximum atomic E-state index is 5.89. The van der Waals surface area contributed by atoms with Crippen LogP contribution >= 0.6 is 11.3 Å². The molecule has 0 atom stereocenters. The lowest BCUT2D eigenvalue weighted by atomic mass is 10.2. The number of thiophene rings is 1. The predicted molar refractivity (Wildman–Crippen MR) is 80.9 cm³/mol. The molecule has 1 aromatic carbocycles. The number of aryl methyl sites for hydroxylation is 1. The number of nitrogens with zero attached hydrogens (tertiary/aromatic N) is 1. The molecule has 0 saturated carbocycles. The van der Waals surface area contributed by atoms with Gasteiger partial charge in [0, 0.05) is 11.1 Å². The standard InChI is InChI=1S/C14H16NOSSi/c1-11-6-4-8-13(16-18(2)3)14(11)15-10-12-7-5-9-17-12/h4-10H,1-3H3. The fraction of sp³-hybridized carbons (Fsp3) is 0.214. The molecular formula is C14H16NOSSi. The second-order valence-corrected chi connectivity index (χ2v) is 7.21. The Labute approximate surface area is 114 Å². The first-order chi connectivity index (χ1) is 8.66. The molecule has 0 unspecified atom stereocenters. The van der Waals surface area contributed by atoms with Crippen molar-refractivity contribution >= 4 is 32.3 Å². The molecule has 0 saturated heterocycles.